The number of aliphatic hydroxyl groups is 1. The molecule has 2 saturated heterocycles. The largest absolute Gasteiger partial charge is 0.365 e. The first-order valence-electron chi connectivity index (χ1n) is 6.99. The van der Waals surface area contributed by atoms with Crippen molar-refractivity contribution in [2.75, 3.05) is 0 Å². The van der Waals surface area contributed by atoms with Gasteiger partial charge in [0.1, 0.15) is 0 Å². The summed E-state index contributed by atoms with van der Waals surface area (Å²) in [6, 6.07) is 0. The van der Waals surface area contributed by atoms with Crippen LogP contribution in [0.5, 0.6) is 0 Å². The molecule has 5 atom stereocenters. The molecule has 0 radical (unpaired) electrons. The summed E-state index contributed by atoms with van der Waals surface area (Å²) in [4.78, 5) is 0. The van der Waals surface area contributed by atoms with E-state index < -0.39 is 5.79 Å². The van der Waals surface area contributed by atoms with Crippen LogP contribution in [0.4, 0.5) is 0 Å². The van der Waals surface area contributed by atoms with Crippen LogP contribution in [0.15, 0.2) is 12.2 Å². The molecule has 2 heterocycles. The van der Waals surface area contributed by atoms with Gasteiger partial charge in [-0.2, -0.15) is 0 Å². The molecule has 2 aliphatic heterocycles. The van der Waals surface area contributed by atoms with Crippen molar-refractivity contribution in [3.63, 3.8) is 0 Å². The van der Waals surface area contributed by atoms with Crippen LogP contribution in [0.1, 0.15) is 46.5 Å². The van der Waals surface area contributed by atoms with Gasteiger partial charge in [0, 0.05) is 18.3 Å². The summed E-state index contributed by atoms with van der Waals surface area (Å²) in [6.45, 7) is 10.9. The normalized spacial score (nSPS) is 53.2. The monoisotopic (exact) mass is 236 g/mol. The van der Waals surface area contributed by atoms with E-state index in [0.29, 0.717) is 24.2 Å². The second-order valence-electron chi connectivity index (χ2n) is 6.82. The molecule has 1 saturated carbocycles. The average molecular weight is 236 g/mol. The SMILES string of the molecule is C=C1C[C@@]2(O)O[C@@]3(CC2C(C)C)C(C)CC[C@H]13. The van der Waals surface area contributed by atoms with E-state index in [0.717, 1.165) is 6.42 Å². The minimum absolute atomic E-state index is 0.0982. The summed E-state index contributed by atoms with van der Waals surface area (Å²) in [5, 5.41) is 10.8. The molecule has 0 aromatic rings. The van der Waals surface area contributed by atoms with Crippen molar-refractivity contribution in [2.24, 2.45) is 23.7 Å². The van der Waals surface area contributed by atoms with Crippen molar-refractivity contribution in [1.29, 1.82) is 0 Å². The number of fused-ring (bicyclic) bond motifs is 1. The molecule has 17 heavy (non-hydrogen) atoms. The maximum atomic E-state index is 10.8. The first-order valence-corrected chi connectivity index (χ1v) is 6.99. The highest BCUT2D eigenvalue weighted by Gasteiger charge is 2.66. The van der Waals surface area contributed by atoms with Crippen molar-refractivity contribution in [3.8, 4) is 0 Å². The minimum atomic E-state index is -0.930. The van der Waals surface area contributed by atoms with Crippen molar-refractivity contribution in [2.45, 2.75) is 57.8 Å². The molecule has 0 aromatic heterocycles. The fourth-order valence-electron chi connectivity index (χ4n) is 4.64. The first kappa shape index (κ1) is 11.7. The Hall–Kier alpha value is -0.340. The summed E-state index contributed by atoms with van der Waals surface area (Å²) < 4.78 is 6.25. The highest BCUT2D eigenvalue weighted by atomic mass is 16.6. The highest BCUT2D eigenvalue weighted by Crippen LogP contribution is 2.63. The van der Waals surface area contributed by atoms with Crippen LogP contribution in [0.25, 0.3) is 0 Å². The number of rotatable bonds is 1. The van der Waals surface area contributed by atoms with Gasteiger partial charge in [0.15, 0.2) is 5.79 Å². The lowest BCUT2D eigenvalue weighted by Crippen LogP contribution is -2.48. The van der Waals surface area contributed by atoms with Gasteiger partial charge < -0.3 is 9.84 Å². The van der Waals surface area contributed by atoms with Gasteiger partial charge in [-0.1, -0.05) is 32.9 Å². The summed E-state index contributed by atoms with van der Waals surface area (Å²) in [5.74, 6) is 0.852. The zero-order valence-electron chi connectivity index (χ0n) is 11.2. The van der Waals surface area contributed by atoms with Crippen LogP contribution in [-0.2, 0) is 4.74 Å². The average Bonchev–Trinajstić information content (AvgIpc) is 2.65. The van der Waals surface area contributed by atoms with Crippen LogP contribution in [0, 0.1) is 23.7 Å². The molecule has 0 amide bonds. The molecule has 2 unspecified atom stereocenters. The summed E-state index contributed by atoms with van der Waals surface area (Å²) in [6.07, 6.45) is 4.08. The third kappa shape index (κ3) is 1.34. The van der Waals surface area contributed by atoms with Gasteiger partial charge in [0.2, 0.25) is 0 Å². The van der Waals surface area contributed by atoms with E-state index in [-0.39, 0.29) is 11.5 Å². The molecule has 1 spiro atoms. The Bertz CT molecular complexity index is 362. The van der Waals surface area contributed by atoms with Crippen molar-refractivity contribution < 1.29 is 9.84 Å². The van der Waals surface area contributed by atoms with Crippen LogP contribution in [-0.4, -0.2) is 16.5 Å². The van der Waals surface area contributed by atoms with Gasteiger partial charge in [0.05, 0.1) is 5.60 Å². The zero-order chi connectivity index (χ0) is 12.4. The van der Waals surface area contributed by atoms with Gasteiger partial charge >= 0.3 is 0 Å². The first-order chi connectivity index (χ1) is 7.89. The van der Waals surface area contributed by atoms with E-state index in [2.05, 4.69) is 27.4 Å². The molecular weight excluding hydrogens is 212 g/mol. The van der Waals surface area contributed by atoms with E-state index in [9.17, 15) is 5.11 Å². The lowest BCUT2D eigenvalue weighted by atomic mass is 9.77. The van der Waals surface area contributed by atoms with E-state index in [4.69, 9.17) is 4.74 Å². The predicted molar refractivity (Wildman–Crippen MR) is 67.4 cm³/mol. The molecule has 3 fully saturated rings. The molecule has 3 aliphatic rings. The molecule has 96 valence electrons. The lowest BCUT2D eigenvalue weighted by molar-refractivity contribution is -0.269. The molecular formula is C15H24O2. The van der Waals surface area contributed by atoms with E-state index >= 15 is 0 Å². The van der Waals surface area contributed by atoms with Gasteiger partial charge in [-0.25, -0.2) is 0 Å². The van der Waals surface area contributed by atoms with E-state index in [1.807, 2.05) is 0 Å². The van der Waals surface area contributed by atoms with Crippen molar-refractivity contribution >= 4 is 0 Å². The maximum absolute atomic E-state index is 10.8. The predicted octanol–water partition coefficient (Wildman–Crippen LogP) is 3.11. The highest BCUT2D eigenvalue weighted by molar-refractivity contribution is 5.24. The smallest absolute Gasteiger partial charge is 0.173 e. The third-order valence-corrected chi connectivity index (χ3v) is 5.58. The zero-order valence-corrected chi connectivity index (χ0v) is 11.2. The summed E-state index contributed by atoms with van der Waals surface area (Å²) in [5.41, 5.74) is 1.13. The quantitative estimate of drug-likeness (QED) is 0.709. The van der Waals surface area contributed by atoms with Crippen LogP contribution >= 0.6 is 0 Å². The fraction of sp³-hybridized carbons (Fsp3) is 0.867. The molecule has 3 rings (SSSR count). The standard InChI is InChI=1S/C15H24O2/c1-9(2)13-8-14-11(4)5-6-12(14)10(3)7-15(13,16)17-14/h9,11-13,16H,3,5-8H2,1-2,4H3/t11?,12-,13?,14+,15-/m1/s1. The molecule has 0 aromatic carbocycles. The van der Waals surface area contributed by atoms with E-state index in [1.165, 1.54) is 18.4 Å². The fourth-order valence-corrected chi connectivity index (χ4v) is 4.64. The second-order valence-corrected chi connectivity index (χ2v) is 6.82. The molecule has 2 heteroatoms. The maximum Gasteiger partial charge on any atom is 0.173 e. The minimum Gasteiger partial charge on any atom is -0.365 e. The summed E-state index contributed by atoms with van der Waals surface area (Å²) in [7, 11) is 0. The number of ether oxygens (including phenoxy) is 1. The Morgan fingerprint density at radius 1 is 1.41 bits per heavy atom. The Morgan fingerprint density at radius 2 is 2.12 bits per heavy atom. The Labute approximate surface area is 104 Å². The number of hydrogen-bond acceptors (Lipinski definition) is 2. The number of hydrogen-bond donors (Lipinski definition) is 1. The Kier molecular flexibility index (Phi) is 2.32. The lowest BCUT2D eigenvalue weighted by Gasteiger charge is -2.43. The van der Waals surface area contributed by atoms with Crippen molar-refractivity contribution in [3.05, 3.63) is 12.2 Å². The van der Waals surface area contributed by atoms with Gasteiger partial charge in [0.25, 0.3) is 0 Å². The topological polar surface area (TPSA) is 29.5 Å². The molecule has 1 aliphatic carbocycles. The molecule has 1 N–H and O–H groups in total. The van der Waals surface area contributed by atoms with Crippen LogP contribution in [0.2, 0.25) is 0 Å². The Morgan fingerprint density at radius 3 is 2.76 bits per heavy atom. The van der Waals surface area contributed by atoms with Crippen molar-refractivity contribution in [1.82, 2.24) is 0 Å². The second kappa shape index (κ2) is 3.36. The third-order valence-electron chi connectivity index (χ3n) is 5.58. The van der Waals surface area contributed by atoms with Gasteiger partial charge in [-0.05, 0) is 31.1 Å². The van der Waals surface area contributed by atoms with E-state index in [1.54, 1.807) is 0 Å². The molecule has 2 bridgehead atoms. The van der Waals surface area contributed by atoms with Crippen LogP contribution in [0.3, 0.4) is 0 Å². The van der Waals surface area contributed by atoms with Crippen LogP contribution < -0.4 is 0 Å². The molecule has 2 nitrogen and oxygen atoms in total. The van der Waals surface area contributed by atoms with Gasteiger partial charge in [-0.3, -0.25) is 0 Å². The Balaban J connectivity index is 2.04. The van der Waals surface area contributed by atoms with Gasteiger partial charge in [-0.15, -0.1) is 0 Å². The summed E-state index contributed by atoms with van der Waals surface area (Å²) >= 11 is 0.